The Morgan fingerprint density at radius 3 is 2.47 bits per heavy atom. The van der Waals surface area contributed by atoms with Crippen molar-refractivity contribution in [2.24, 2.45) is 0 Å². The van der Waals surface area contributed by atoms with Crippen molar-refractivity contribution in [2.75, 3.05) is 5.32 Å². The molecule has 17 heavy (non-hydrogen) atoms. The van der Waals surface area contributed by atoms with E-state index in [9.17, 15) is 4.39 Å². The highest BCUT2D eigenvalue weighted by molar-refractivity contribution is 5.45. The van der Waals surface area contributed by atoms with Gasteiger partial charge in [0.1, 0.15) is 5.82 Å². The molecule has 0 fully saturated rings. The van der Waals surface area contributed by atoms with Crippen LogP contribution in [0.2, 0.25) is 0 Å². The molecule has 2 rings (SSSR count). The van der Waals surface area contributed by atoms with Gasteiger partial charge in [-0.15, -0.1) is 0 Å². The van der Waals surface area contributed by atoms with E-state index < -0.39 is 0 Å². The molecule has 0 bridgehead atoms. The maximum atomic E-state index is 13.4. The number of hydrogen-bond donors (Lipinski definition) is 1. The molecule has 0 aromatic heterocycles. The fraction of sp³-hybridized carbons (Fsp3) is 0.200. The molecule has 0 radical (unpaired) electrons. The average molecular weight is 229 g/mol. The zero-order chi connectivity index (χ0) is 12.3. The Bertz CT molecular complexity index is 520. The number of benzene rings is 2. The summed E-state index contributed by atoms with van der Waals surface area (Å²) in [6, 6.07) is 13.0. The number of nitrogens with one attached hydrogen (secondary N) is 1. The highest BCUT2D eigenvalue weighted by atomic mass is 19.1. The number of para-hydroxylation sites is 1. The lowest BCUT2D eigenvalue weighted by Gasteiger charge is -2.09. The van der Waals surface area contributed by atoms with Gasteiger partial charge in [-0.3, -0.25) is 0 Å². The molecule has 2 aromatic carbocycles. The molecule has 2 heteroatoms. The molecule has 0 atom stereocenters. The second-order valence-corrected chi connectivity index (χ2v) is 4.25. The number of anilines is 1. The summed E-state index contributed by atoms with van der Waals surface area (Å²) in [5, 5.41) is 3.10. The fourth-order valence-electron chi connectivity index (χ4n) is 1.72. The van der Waals surface area contributed by atoms with Crippen LogP contribution in [0.15, 0.2) is 42.5 Å². The van der Waals surface area contributed by atoms with Crippen LogP contribution < -0.4 is 5.32 Å². The highest BCUT2D eigenvalue weighted by Gasteiger charge is 2.00. The van der Waals surface area contributed by atoms with Crippen LogP contribution in [0.25, 0.3) is 0 Å². The maximum absolute atomic E-state index is 13.4. The quantitative estimate of drug-likeness (QED) is 0.837. The normalized spacial score (nSPS) is 10.3. The summed E-state index contributed by atoms with van der Waals surface area (Å²) >= 11 is 0. The lowest BCUT2D eigenvalue weighted by Crippen LogP contribution is -2.01. The van der Waals surface area contributed by atoms with E-state index in [0.717, 1.165) is 5.56 Å². The average Bonchev–Trinajstić information content (AvgIpc) is 2.32. The molecule has 2 aromatic rings. The minimum absolute atomic E-state index is 0.212. The van der Waals surface area contributed by atoms with Crippen molar-refractivity contribution < 1.29 is 4.39 Å². The van der Waals surface area contributed by atoms with Gasteiger partial charge in [0.15, 0.2) is 0 Å². The van der Waals surface area contributed by atoms with Crippen molar-refractivity contribution in [2.45, 2.75) is 20.4 Å². The van der Waals surface area contributed by atoms with Crippen molar-refractivity contribution in [1.82, 2.24) is 0 Å². The molecule has 1 nitrogen and oxygen atoms in total. The Balaban J connectivity index is 2.08. The molecule has 0 unspecified atom stereocenters. The Kier molecular flexibility index (Phi) is 3.43. The van der Waals surface area contributed by atoms with Crippen LogP contribution in [0.3, 0.4) is 0 Å². The predicted octanol–water partition coefficient (Wildman–Crippen LogP) is 4.05. The minimum atomic E-state index is -0.212. The first-order valence-electron chi connectivity index (χ1n) is 5.71. The molecule has 0 spiro atoms. The molecule has 88 valence electrons. The largest absolute Gasteiger partial charge is 0.379 e. The van der Waals surface area contributed by atoms with Crippen LogP contribution >= 0.6 is 0 Å². The smallest absolute Gasteiger partial charge is 0.146 e. The number of hydrogen-bond acceptors (Lipinski definition) is 1. The first-order chi connectivity index (χ1) is 8.16. The molecule has 0 saturated carbocycles. The van der Waals surface area contributed by atoms with Crippen molar-refractivity contribution in [3.05, 3.63) is 65.0 Å². The van der Waals surface area contributed by atoms with E-state index in [1.165, 1.54) is 17.2 Å². The molecule has 0 heterocycles. The molecule has 0 aliphatic heterocycles. The van der Waals surface area contributed by atoms with Gasteiger partial charge in [-0.25, -0.2) is 4.39 Å². The Labute approximate surface area is 101 Å². The van der Waals surface area contributed by atoms with Crippen molar-refractivity contribution in [3.63, 3.8) is 0 Å². The second-order valence-electron chi connectivity index (χ2n) is 4.25. The summed E-state index contributed by atoms with van der Waals surface area (Å²) in [5.74, 6) is -0.212. The highest BCUT2D eigenvalue weighted by Crippen LogP contribution is 2.15. The van der Waals surface area contributed by atoms with Crippen LogP contribution in [-0.4, -0.2) is 0 Å². The van der Waals surface area contributed by atoms with Gasteiger partial charge in [0.2, 0.25) is 0 Å². The topological polar surface area (TPSA) is 12.0 Å². The van der Waals surface area contributed by atoms with Gasteiger partial charge in [-0.05, 0) is 42.7 Å². The molecule has 0 aliphatic carbocycles. The third kappa shape index (κ3) is 2.84. The van der Waals surface area contributed by atoms with E-state index >= 15 is 0 Å². The summed E-state index contributed by atoms with van der Waals surface area (Å²) < 4.78 is 13.4. The summed E-state index contributed by atoms with van der Waals surface area (Å²) in [7, 11) is 0. The van der Waals surface area contributed by atoms with Crippen molar-refractivity contribution in [1.29, 1.82) is 0 Å². The third-order valence-electron chi connectivity index (χ3n) is 2.93. The van der Waals surface area contributed by atoms with E-state index in [4.69, 9.17) is 0 Å². The lowest BCUT2D eigenvalue weighted by atomic mass is 10.1. The zero-order valence-electron chi connectivity index (χ0n) is 10.1. The first kappa shape index (κ1) is 11.6. The summed E-state index contributed by atoms with van der Waals surface area (Å²) in [4.78, 5) is 0. The molecule has 0 aliphatic rings. The van der Waals surface area contributed by atoms with Gasteiger partial charge in [0.25, 0.3) is 0 Å². The Morgan fingerprint density at radius 2 is 1.76 bits per heavy atom. The molecule has 1 N–H and O–H groups in total. The summed E-state index contributed by atoms with van der Waals surface area (Å²) in [6.07, 6.45) is 0. The molecule has 0 saturated heterocycles. The van der Waals surface area contributed by atoms with Crippen molar-refractivity contribution >= 4 is 5.69 Å². The lowest BCUT2D eigenvalue weighted by molar-refractivity contribution is 0.630. The predicted molar refractivity (Wildman–Crippen MR) is 69.6 cm³/mol. The van der Waals surface area contributed by atoms with Gasteiger partial charge in [0, 0.05) is 6.54 Å². The maximum Gasteiger partial charge on any atom is 0.146 e. The van der Waals surface area contributed by atoms with E-state index in [2.05, 4.69) is 37.4 Å². The Hall–Kier alpha value is -1.83. The van der Waals surface area contributed by atoms with E-state index in [0.29, 0.717) is 12.2 Å². The fourth-order valence-corrected chi connectivity index (χ4v) is 1.72. The SMILES string of the molecule is Cc1ccc(CNc2ccccc2F)cc1C. The second kappa shape index (κ2) is 5.00. The Morgan fingerprint density at radius 1 is 1.00 bits per heavy atom. The zero-order valence-corrected chi connectivity index (χ0v) is 10.1. The van der Waals surface area contributed by atoms with E-state index in [-0.39, 0.29) is 5.82 Å². The molecular formula is C15H16FN. The van der Waals surface area contributed by atoms with E-state index in [1.807, 2.05) is 6.07 Å². The van der Waals surface area contributed by atoms with Crippen LogP contribution in [-0.2, 0) is 6.54 Å². The van der Waals surface area contributed by atoms with Gasteiger partial charge in [-0.1, -0.05) is 30.3 Å². The summed E-state index contributed by atoms with van der Waals surface area (Å²) in [5.41, 5.74) is 4.25. The van der Waals surface area contributed by atoms with Crippen LogP contribution in [0.5, 0.6) is 0 Å². The van der Waals surface area contributed by atoms with Crippen LogP contribution in [0, 0.1) is 19.7 Å². The minimum Gasteiger partial charge on any atom is -0.379 e. The first-order valence-corrected chi connectivity index (χ1v) is 5.71. The standard InChI is InChI=1S/C15H16FN/c1-11-7-8-13(9-12(11)2)10-17-15-6-4-3-5-14(15)16/h3-9,17H,10H2,1-2H3. The van der Waals surface area contributed by atoms with Gasteiger partial charge < -0.3 is 5.32 Å². The van der Waals surface area contributed by atoms with Crippen LogP contribution in [0.4, 0.5) is 10.1 Å². The van der Waals surface area contributed by atoms with Gasteiger partial charge in [-0.2, -0.15) is 0 Å². The summed E-state index contributed by atoms with van der Waals surface area (Å²) in [6.45, 7) is 4.81. The van der Waals surface area contributed by atoms with Crippen molar-refractivity contribution in [3.8, 4) is 0 Å². The molecular weight excluding hydrogens is 213 g/mol. The van der Waals surface area contributed by atoms with Gasteiger partial charge >= 0.3 is 0 Å². The van der Waals surface area contributed by atoms with Gasteiger partial charge in [0.05, 0.1) is 5.69 Å². The molecule has 0 amide bonds. The van der Waals surface area contributed by atoms with Crippen LogP contribution in [0.1, 0.15) is 16.7 Å². The number of halogens is 1. The third-order valence-corrected chi connectivity index (χ3v) is 2.93. The number of rotatable bonds is 3. The number of aryl methyl sites for hydroxylation is 2. The monoisotopic (exact) mass is 229 g/mol. The van der Waals surface area contributed by atoms with E-state index in [1.54, 1.807) is 12.1 Å².